The van der Waals surface area contributed by atoms with E-state index >= 15 is 0 Å². The molecule has 134 valence electrons. The van der Waals surface area contributed by atoms with Gasteiger partial charge in [0.25, 0.3) is 5.09 Å². The van der Waals surface area contributed by atoms with E-state index in [0.717, 1.165) is 9.36 Å². The molecule has 20 nitrogen and oxygen atoms in total. The van der Waals surface area contributed by atoms with Gasteiger partial charge in [0.2, 0.25) is 0 Å². The van der Waals surface area contributed by atoms with Crippen molar-refractivity contribution in [2.45, 2.75) is 19.2 Å². The van der Waals surface area contributed by atoms with Crippen LogP contribution >= 0.6 is 0 Å². The minimum atomic E-state index is -1.31. The summed E-state index contributed by atoms with van der Waals surface area (Å²) < 4.78 is 1.79. The molecule has 0 aromatic carbocycles. The van der Waals surface area contributed by atoms with Gasteiger partial charge >= 0.3 is 11.2 Å². The van der Waals surface area contributed by atoms with E-state index in [1.54, 1.807) is 0 Å². The van der Waals surface area contributed by atoms with E-state index in [0.29, 0.717) is 0 Å². The van der Waals surface area contributed by atoms with Crippen LogP contribution in [0.25, 0.3) is 0 Å². The van der Waals surface area contributed by atoms with E-state index in [9.17, 15) is 30.3 Å². The normalized spacial score (nSPS) is 12.5. The summed E-state index contributed by atoms with van der Waals surface area (Å²) in [5, 5.41) is 51.6. The first-order valence-electron chi connectivity index (χ1n) is 6.00. The Morgan fingerprint density at radius 2 is 1.40 bits per heavy atom. The monoisotopic (exact) mass is 361 g/mol. The molecule has 2 N–H and O–H groups in total. The SMILES string of the molecule is O=[N+]([O-])/N=c1\nn[nH]n1CC(Cn1[nH]nn/c1=N\[N+](=O)[O-])O[N+](=O)[O-]. The molecular formula is C5H7N13O7. The van der Waals surface area contributed by atoms with Gasteiger partial charge < -0.3 is 4.84 Å². The van der Waals surface area contributed by atoms with Gasteiger partial charge in [-0.05, 0) is 10.4 Å². The number of tetrazole rings is 2. The minimum absolute atomic E-state index is 0.398. The van der Waals surface area contributed by atoms with E-state index in [2.05, 4.69) is 46.1 Å². The maximum Gasteiger partial charge on any atom is 0.337 e. The highest BCUT2D eigenvalue weighted by atomic mass is 17.0. The van der Waals surface area contributed by atoms with Crippen molar-refractivity contribution in [1.82, 2.24) is 40.4 Å². The zero-order chi connectivity index (χ0) is 18.4. The van der Waals surface area contributed by atoms with Crippen molar-refractivity contribution in [2.75, 3.05) is 0 Å². The Labute approximate surface area is 132 Å². The first-order chi connectivity index (χ1) is 11.8. The number of H-pyrrole nitrogens is 2. The van der Waals surface area contributed by atoms with E-state index in [4.69, 9.17) is 0 Å². The summed E-state index contributed by atoms with van der Waals surface area (Å²) in [5.74, 6) is 0. The lowest BCUT2D eigenvalue weighted by atomic mass is 10.3. The van der Waals surface area contributed by atoms with Gasteiger partial charge in [0.15, 0.2) is 10.1 Å². The molecule has 0 aliphatic carbocycles. The Kier molecular flexibility index (Phi) is 5.02. The molecule has 0 unspecified atom stereocenters. The van der Waals surface area contributed by atoms with E-state index in [-0.39, 0.29) is 0 Å². The third kappa shape index (κ3) is 4.86. The zero-order valence-electron chi connectivity index (χ0n) is 11.8. The van der Waals surface area contributed by atoms with Crippen LogP contribution < -0.4 is 11.2 Å². The summed E-state index contributed by atoms with van der Waals surface area (Å²) in [6.07, 6.45) is -1.31. The van der Waals surface area contributed by atoms with Crippen LogP contribution in [0.15, 0.2) is 10.2 Å². The fourth-order valence-electron chi connectivity index (χ4n) is 1.63. The van der Waals surface area contributed by atoms with E-state index in [1.165, 1.54) is 0 Å². The van der Waals surface area contributed by atoms with Crippen molar-refractivity contribution in [3.63, 3.8) is 0 Å². The second-order valence-corrected chi connectivity index (χ2v) is 4.05. The topological polar surface area (TPSA) is 256 Å². The third-order valence-electron chi connectivity index (χ3n) is 2.44. The number of nitro groups is 2. The maximum atomic E-state index is 10.6. The van der Waals surface area contributed by atoms with Crippen molar-refractivity contribution in [1.29, 1.82) is 0 Å². The van der Waals surface area contributed by atoms with Gasteiger partial charge in [-0.2, -0.15) is 10.4 Å². The molecule has 0 amide bonds. The van der Waals surface area contributed by atoms with Crippen LogP contribution in [0.4, 0.5) is 0 Å². The summed E-state index contributed by atoms with van der Waals surface area (Å²) in [6, 6.07) is 0. The van der Waals surface area contributed by atoms with Crippen molar-refractivity contribution in [3.05, 3.63) is 41.6 Å². The minimum Gasteiger partial charge on any atom is -0.307 e. The quantitative estimate of drug-likeness (QED) is 0.338. The smallest absolute Gasteiger partial charge is 0.307 e. The van der Waals surface area contributed by atoms with Gasteiger partial charge in [0.1, 0.15) is 16.3 Å². The number of aromatic amines is 2. The highest BCUT2D eigenvalue weighted by Crippen LogP contribution is 1.98. The molecule has 0 fully saturated rings. The molecule has 0 aliphatic rings. The second kappa shape index (κ2) is 7.34. The number of nitrogens with zero attached hydrogens (tertiary/aromatic N) is 11. The Morgan fingerprint density at radius 3 is 1.76 bits per heavy atom. The fraction of sp³-hybridized carbons (Fsp3) is 0.600. The van der Waals surface area contributed by atoms with Gasteiger partial charge in [-0.15, -0.1) is 10.1 Å². The summed E-state index contributed by atoms with van der Waals surface area (Å²) in [7, 11) is 0. The number of aromatic nitrogens is 8. The number of hydrogen-bond donors (Lipinski definition) is 2. The Morgan fingerprint density at radius 1 is 0.960 bits per heavy atom. The summed E-state index contributed by atoms with van der Waals surface area (Å²) >= 11 is 0. The Hall–Kier alpha value is -4.26. The fourth-order valence-corrected chi connectivity index (χ4v) is 1.63. The van der Waals surface area contributed by atoms with Crippen molar-refractivity contribution in [2.24, 2.45) is 10.2 Å². The molecule has 0 saturated carbocycles. The molecule has 0 bridgehead atoms. The highest BCUT2D eigenvalue weighted by molar-refractivity contribution is 4.61. The van der Waals surface area contributed by atoms with Crippen LogP contribution in [-0.2, 0) is 17.9 Å². The molecule has 0 aliphatic heterocycles. The molecule has 2 aromatic heterocycles. The first kappa shape index (κ1) is 17.1. The van der Waals surface area contributed by atoms with Crippen LogP contribution in [-0.4, -0.2) is 61.7 Å². The standard InChI is InChI=1S/C5H7N13O7/c19-16(20)8-4-6-10-12-14(4)1-3(25-18(23)24)2-15-5(7-11-13-15)9-17(21)22/h3H,1-2H2,(H,6,8,12)(H,7,9,13). The maximum absolute atomic E-state index is 10.6. The average Bonchev–Trinajstić information content (AvgIpc) is 3.08. The number of nitrogens with one attached hydrogen (secondary N) is 2. The molecule has 2 heterocycles. The molecule has 0 atom stereocenters. The third-order valence-corrected chi connectivity index (χ3v) is 2.44. The Balaban J connectivity index is 2.28. The van der Waals surface area contributed by atoms with Crippen LogP contribution in [0, 0.1) is 30.3 Å². The van der Waals surface area contributed by atoms with Gasteiger partial charge in [0, 0.05) is 0 Å². The lowest BCUT2D eigenvalue weighted by molar-refractivity contribution is -0.769. The zero-order valence-corrected chi connectivity index (χ0v) is 11.8. The first-order valence-corrected chi connectivity index (χ1v) is 6.00. The highest BCUT2D eigenvalue weighted by Gasteiger charge is 2.19. The lowest BCUT2D eigenvalue weighted by Crippen LogP contribution is -2.36. The predicted octanol–water partition coefficient (Wildman–Crippen LogP) is -4.01. The molecule has 25 heavy (non-hydrogen) atoms. The summed E-state index contributed by atoms with van der Waals surface area (Å²) in [6.45, 7) is -0.796. The molecule has 20 heteroatoms. The van der Waals surface area contributed by atoms with Crippen LogP contribution in [0.5, 0.6) is 0 Å². The molecule has 0 saturated heterocycles. The second-order valence-electron chi connectivity index (χ2n) is 4.05. The van der Waals surface area contributed by atoms with Crippen molar-refractivity contribution >= 4 is 0 Å². The van der Waals surface area contributed by atoms with E-state index in [1.807, 2.05) is 0 Å². The largest absolute Gasteiger partial charge is 0.337 e. The van der Waals surface area contributed by atoms with Gasteiger partial charge in [-0.3, -0.25) is 0 Å². The average molecular weight is 361 g/mol. The number of hydrogen-bond acceptors (Lipinski definition) is 11. The molecule has 2 rings (SSSR count). The molecule has 0 radical (unpaired) electrons. The van der Waals surface area contributed by atoms with Gasteiger partial charge in [-0.25, -0.2) is 29.6 Å². The molecule has 2 aromatic rings. The summed E-state index contributed by atoms with van der Waals surface area (Å²) in [5.41, 5.74) is -0.963. The van der Waals surface area contributed by atoms with Crippen LogP contribution in [0.1, 0.15) is 0 Å². The van der Waals surface area contributed by atoms with Crippen molar-refractivity contribution < 1.29 is 20.0 Å². The summed E-state index contributed by atoms with van der Waals surface area (Å²) in [4.78, 5) is 35.8. The predicted molar refractivity (Wildman–Crippen MR) is 65.7 cm³/mol. The van der Waals surface area contributed by atoms with Crippen LogP contribution in [0.3, 0.4) is 0 Å². The Bertz CT molecular complexity index is 834. The van der Waals surface area contributed by atoms with Gasteiger partial charge in [0.05, 0.1) is 13.1 Å². The van der Waals surface area contributed by atoms with Gasteiger partial charge in [-0.1, -0.05) is 10.2 Å². The lowest BCUT2D eigenvalue weighted by Gasteiger charge is -2.13. The van der Waals surface area contributed by atoms with E-state index < -0.39 is 45.6 Å². The molecule has 0 spiro atoms. The van der Waals surface area contributed by atoms with Crippen molar-refractivity contribution in [3.8, 4) is 0 Å². The number of rotatable bonds is 8. The molecular weight excluding hydrogens is 354 g/mol. The van der Waals surface area contributed by atoms with Crippen LogP contribution in [0.2, 0.25) is 0 Å².